The van der Waals surface area contributed by atoms with Crippen LogP contribution in [0.4, 0.5) is 0 Å². The molecule has 2 atom stereocenters. The van der Waals surface area contributed by atoms with Crippen LogP contribution in [0.15, 0.2) is 0 Å². The van der Waals surface area contributed by atoms with Crippen LogP contribution in [0, 0.1) is 0 Å². The van der Waals surface area contributed by atoms with Crippen molar-refractivity contribution in [2.75, 3.05) is 6.54 Å². The summed E-state index contributed by atoms with van der Waals surface area (Å²) in [7, 11) is 0. The highest BCUT2D eigenvalue weighted by Crippen LogP contribution is 2.25. The van der Waals surface area contributed by atoms with Crippen LogP contribution in [0.3, 0.4) is 0 Å². The van der Waals surface area contributed by atoms with Gasteiger partial charge in [0.05, 0.1) is 0 Å². The first kappa shape index (κ1) is 11.2. The number of piperidine rings is 1. The van der Waals surface area contributed by atoms with Crippen molar-refractivity contribution < 1.29 is 0 Å². The van der Waals surface area contributed by atoms with Gasteiger partial charge in [0.1, 0.15) is 11.6 Å². The molecule has 0 spiro atoms. The molecule has 1 aromatic heterocycles. The first-order valence-electron chi connectivity index (χ1n) is 7.00. The average molecular weight is 234 g/mol. The lowest BCUT2D eigenvalue weighted by atomic mass is 10.0. The Morgan fingerprint density at radius 3 is 3.00 bits per heavy atom. The molecule has 1 aromatic rings. The molecule has 0 bridgehead atoms. The molecule has 1 fully saturated rings. The number of aryl methyl sites for hydroxylation is 1. The van der Waals surface area contributed by atoms with Gasteiger partial charge in [-0.15, -0.1) is 10.2 Å². The fourth-order valence-electron chi connectivity index (χ4n) is 3.18. The third-order valence-corrected chi connectivity index (χ3v) is 4.14. The Bertz CT molecular complexity index is 379. The van der Waals surface area contributed by atoms with Gasteiger partial charge in [0.25, 0.3) is 0 Å². The second-order valence-electron chi connectivity index (χ2n) is 5.49. The van der Waals surface area contributed by atoms with Crippen LogP contribution < -0.4 is 5.32 Å². The lowest BCUT2D eigenvalue weighted by Gasteiger charge is -2.26. The van der Waals surface area contributed by atoms with Crippen molar-refractivity contribution in [2.45, 2.75) is 64.0 Å². The normalized spacial score (nSPS) is 29.0. The van der Waals surface area contributed by atoms with Crippen LogP contribution in [-0.4, -0.2) is 27.4 Å². The first-order chi connectivity index (χ1) is 8.34. The monoisotopic (exact) mass is 234 g/mol. The van der Waals surface area contributed by atoms with E-state index in [1.165, 1.54) is 50.3 Å². The summed E-state index contributed by atoms with van der Waals surface area (Å²) in [5, 5.41) is 12.4. The SMILES string of the molecule is CC1CCCc2nnc(CC3CCCCN3)n21. The van der Waals surface area contributed by atoms with Crippen LogP contribution in [-0.2, 0) is 12.8 Å². The van der Waals surface area contributed by atoms with Crippen LogP contribution in [0.5, 0.6) is 0 Å². The van der Waals surface area contributed by atoms with E-state index >= 15 is 0 Å². The number of fused-ring (bicyclic) bond motifs is 1. The van der Waals surface area contributed by atoms with Gasteiger partial charge in [-0.1, -0.05) is 6.42 Å². The van der Waals surface area contributed by atoms with E-state index in [2.05, 4.69) is 27.0 Å². The molecule has 4 nitrogen and oxygen atoms in total. The van der Waals surface area contributed by atoms with Crippen molar-refractivity contribution in [1.82, 2.24) is 20.1 Å². The van der Waals surface area contributed by atoms with Crippen LogP contribution in [0.1, 0.15) is 56.7 Å². The van der Waals surface area contributed by atoms with Crippen LogP contribution in [0.25, 0.3) is 0 Å². The highest BCUT2D eigenvalue weighted by Gasteiger charge is 2.23. The Labute approximate surface area is 103 Å². The van der Waals surface area contributed by atoms with Gasteiger partial charge in [0, 0.05) is 24.9 Å². The highest BCUT2D eigenvalue weighted by molar-refractivity contribution is 5.03. The Balaban J connectivity index is 1.76. The van der Waals surface area contributed by atoms with E-state index < -0.39 is 0 Å². The maximum atomic E-state index is 4.42. The summed E-state index contributed by atoms with van der Waals surface area (Å²) < 4.78 is 2.39. The number of nitrogens with one attached hydrogen (secondary N) is 1. The van der Waals surface area contributed by atoms with E-state index in [1.807, 2.05) is 0 Å². The Hall–Kier alpha value is -0.900. The largest absolute Gasteiger partial charge is 0.314 e. The number of hydrogen-bond donors (Lipinski definition) is 1. The molecule has 2 aliphatic heterocycles. The fraction of sp³-hybridized carbons (Fsp3) is 0.846. The van der Waals surface area contributed by atoms with Gasteiger partial charge >= 0.3 is 0 Å². The fourth-order valence-corrected chi connectivity index (χ4v) is 3.18. The van der Waals surface area contributed by atoms with Gasteiger partial charge in [0.2, 0.25) is 0 Å². The van der Waals surface area contributed by atoms with Gasteiger partial charge < -0.3 is 9.88 Å². The summed E-state index contributed by atoms with van der Waals surface area (Å²) in [4.78, 5) is 0. The van der Waals surface area contributed by atoms with Crippen LogP contribution >= 0.6 is 0 Å². The Kier molecular flexibility index (Phi) is 3.14. The standard InChI is InChI=1S/C13H22N4/c1-10-5-4-7-12-15-16-13(17(10)12)9-11-6-2-3-8-14-11/h10-11,14H,2-9H2,1H3. The highest BCUT2D eigenvalue weighted by atomic mass is 15.3. The average Bonchev–Trinajstić information content (AvgIpc) is 2.75. The van der Waals surface area contributed by atoms with E-state index in [4.69, 9.17) is 0 Å². The second-order valence-corrected chi connectivity index (χ2v) is 5.49. The second kappa shape index (κ2) is 4.77. The van der Waals surface area contributed by atoms with Gasteiger partial charge in [-0.25, -0.2) is 0 Å². The summed E-state index contributed by atoms with van der Waals surface area (Å²) in [6, 6.07) is 1.21. The van der Waals surface area contributed by atoms with Crippen molar-refractivity contribution in [3.05, 3.63) is 11.6 Å². The molecule has 0 aromatic carbocycles. The van der Waals surface area contributed by atoms with Crippen molar-refractivity contribution in [3.63, 3.8) is 0 Å². The minimum absolute atomic E-state index is 0.590. The predicted molar refractivity (Wildman–Crippen MR) is 67.0 cm³/mol. The first-order valence-corrected chi connectivity index (χ1v) is 7.00. The predicted octanol–water partition coefficient (Wildman–Crippen LogP) is 1.86. The number of nitrogens with zero attached hydrogens (tertiary/aromatic N) is 3. The van der Waals surface area contributed by atoms with E-state index in [0.29, 0.717) is 12.1 Å². The molecule has 4 heteroatoms. The summed E-state index contributed by atoms with van der Waals surface area (Å²) in [5.74, 6) is 2.40. The lowest BCUT2D eigenvalue weighted by Crippen LogP contribution is -2.36. The van der Waals surface area contributed by atoms with Crippen LogP contribution in [0.2, 0.25) is 0 Å². The minimum Gasteiger partial charge on any atom is -0.314 e. The molecule has 3 heterocycles. The molecule has 2 aliphatic rings. The molecular formula is C13H22N4. The third kappa shape index (κ3) is 2.23. The molecule has 1 saturated heterocycles. The summed E-state index contributed by atoms with van der Waals surface area (Å²) in [5.41, 5.74) is 0. The molecule has 0 amide bonds. The quantitative estimate of drug-likeness (QED) is 0.849. The molecule has 0 radical (unpaired) electrons. The molecule has 0 saturated carbocycles. The summed E-state index contributed by atoms with van der Waals surface area (Å²) >= 11 is 0. The lowest BCUT2D eigenvalue weighted by molar-refractivity contribution is 0.370. The third-order valence-electron chi connectivity index (χ3n) is 4.14. The maximum absolute atomic E-state index is 4.42. The molecule has 3 rings (SSSR count). The van der Waals surface area contributed by atoms with Gasteiger partial charge in [0.15, 0.2) is 0 Å². The molecule has 17 heavy (non-hydrogen) atoms. The van der Waals surface area contributed by atoms with Crippen molar-refractivity contribution in [3.8, 4) is 0 Å². The zero-order valence-corrected chi connectivity index (χ0v) is 10.7. The van der Waals surface area contributed by atoms with E-state index in [0.717, 1.165) is 12.8 Å². The smallest absolute Gasteiger partial charge is 0.134 e. The molecule has 1 N–H and O–H groups in total. The van der Waals surface area contributed by atoms with E-state index in [-0.39, 0.29) is 0 Å². The van der Waals surface area contributed by atoms with Gasteiger partial charge in [-0.2, -0.15) is 0 Å². The number of rotatable bonds is 2. The van der Waals surface area contributed by atoms with E-state index in [9.17, 15) is 0 Å². The summed E-state index contributed by atoms with van der Waals surface area (Å²) in [6.07, 6.45) is 8.67. The van der Waals surface area contributed by atoms with Crippen molar-refractivity contribution in [2.24, 2.45) is 0 Å². The molecule has 2 unspecified atom stereocenters. The zero-order chi connectivity index (χ0) is 11.7. The Morgan fingerprint density at radius 2 is 2.18 bits per heavy atom. The number of hydrogen-bond acceptors (Lipinski definition) is 3. The minimum atomic E-state index is 0.590. The zero-order valence-electron chi connectivity index (χ0n) is 10.7. The van der Waals surface area contributed by atoms with Crippen molar-refractivity contribution >= 4 is 0 Å². The number of aromatic nitrogens is 3. The topological polar surface area (TPSA) is 42.7 Å². The summed E-state index contributed by atoms with van der Waals surface area (Å²) in [6.45, 7) is 3.46. The molecule has 0 aliphatic carbocycles. The van der Waals surface area contributed by atoms with E-state index in [1.54, 1.807) is 0 Å². The molecular weight excluding hydrogens is 212 g/mol. The maximum Gasteiger partial charge on any atom is 0.134 e. The van der Waals surface area contributed by atoms with Crippen molar-refractivity contribution in [1.29, 1.82) is 0 Å². The van der Waals surface area contributed by atoms with Gasteiger partial charge in [-0.3, -0.25) is 0 Å². The molecule has 94 valence electrons. The van der Waals surface area contributed by atoms with Gasteiger partial charge in [-0.05, 0) is 39.2 Å². The Morgan fingerprint density at radius 1 is 1.24 bits per heavy atom.